The van der Waals surface area contributed by atoms with Crippen molar-refractivity contribution in [1.29, 1.82) is 0 Å². The van der Waals surface area contributed by atoms with E-state index >= 15 is 0 Å². The first-order chi connectivity index (χ1) is 31.6. The van der Waals surface area contributed by atoms with E-state index in [1.165, 1.54) is 104 Å². The Balaban J connectivity index is 0.000000229. The fourth-order valence-corrected chi connectivity index (χ4v) is 19.5. The number of carbonyl (C=O) groups is 2. The van der Waals surface area contributed by atoms with E-state index in [1.54, 1.807) is 12.2 Å². The Labute approximate surface area is 424 Å². The Morgan fingerprint density at radius 2 is 1.06 bits per heavy atom. The summed E-state index contributed by atoms with van der Waals surface area (Å²) in [6.45, 7) is 26.4. The quantitative estimate of drug-likeness (QED) is 0.141. The number of aliphatic hydroxyl groups is 2. The molecule has 0 spiro atoms. The van der Waals surface area contributed by atoms with Gasteiger partial charge in [-0.1, -0.05) is 81.9 Å². The molecule has 1 aliphatic heterocycles. The summed E-state index contributed by atoms with van der Waals surface area (Å²) in [5.74, 6) is 7.47. The fourth-order valence-electron chi connectivity index (χ4n) is 18.4. The van der Waals surface area contributed by atoms with Crippen molar-refractivity contribution in [3.05, 3.63) is 24.3 Å². The summed E-state index contributed by atoms with van der Waals surface area (Å²) in [4.78, 5) is 23.3. The highest BCUT2D eigenvalue weighted by atomic mass is 28.4. The number of methoxy groups -OCH3 is 2. The normalized spacial score (nSPS) is 45.1. The molecule has 9 aliphatic rings. The molecule has 1 saturated heterocycles. The highest BCUT2D eigenvalue weighted by Crippen LogP contribution is 2.70. The maximum absolute atomic E-state index is 11.7. The second-order valence-corrected chi connectivity index (χ2v) is 30.8. The largest absolute Gasteiger partial charge is 0.466 e. The summed E-state index contributed by atoms with van der Waals surface area (Å²) in [5.41, 5.74) is 1.37. The topological polar surface area (TPSA) is 112 Å². The minimum Gasteiger partial charge on any atom is -0.466 e. The van der Waals surface area contributed by atoms with Gasteiger partial charge in [0, 0.05) is 31.5 Å². The summed E-state index contributed by atoms with van der Waals surface area (Å²) in [6, 6.07) is 0. The molecule has 0 aromatic heterocycles. The standard InChI is InChI=1S/C29H50O3Si.C25H40O4.C4H8O.2CH4/c1-19-13-15-28(3)21(17-19)18-25(32-33(6,7)8)27-23-11-10-22(20(2)9-12-26(30)31-5)29(23,4)16-14-24(27)28;1-15(5-8-22(28)29-4)18-6-7-19-23-20(10-12-25(18,19)3)24(2)11-9-17(26)13-16(24)14-21(23)27;1-2-4-5-3-1;;/h9,12,19-25,27H,10-11,13-18H2,1-8H3;5,8,15-21,23,26-27H,6-7,9-14H2,1-4H3;1-4H2;2*1H4/b12-9+;8-5+;;;/t19-,20-,21+,22-,23+,24+,25-,27+,28+,29-;15-,16+,17-,18-,19+,20+,21-,23+,24+,25-;;;/m11.../s1. The van der Waals surface area contributed by atoms with Gasteiger partial charge in [0.15, 0.2) is 8.32 Å². The van der Waals surface area contributed by atoms with E-state index in [4.69, 9.17) is 18.6 Å². The lowest BCUT2D eigenvalue weighted by atomic mass is 9.43. The molecule has 2 N–H and O–H groups in total. The highest BCUT2D eigenvalue weighted by Gasteiger charge is 2.65. The summed E-state index contributed by atoms with van der Waals surface area (Å²) in [6.07, 6.45) is 29.4. The molecule has 8 saturated carbocycles. The van der Waals surface area contributed by atoms with Crippen LogP contribution in [-0.2, 0) is 28.2 Å². The molecule has 9 rings (SSSR count). The van der Waals surface area contributed by atoms with Crippen molar-refractivity contribution in [2.45, 2.75) is 217 Å². The van der Waals surface area contributed by atoms with Crippen LogP contribution in [0.3, 0.4) is 0 Å². The van der Waals surface area contributed by atoms with Gasteiger partial charge in [0.1, 0.15) is 0 Å². The predicted molar refractivity (Wildman–Crippen MR) is 285 cm³/mol. The van der Waals surface area contributed by atoms with Crippen LogP contribution in [0, 0.1) is 98.6 Å². The van der Waals surface area contributed by atoms with Crippen LogP contribution in [0.5, 0.6) is 0 Å². The molecule has 0 amide bonds. The minimum absolute atomic E-state index is 0. The Morgan fingerprint density at radius 3 is 1.54 bits per heavy atom. The highest BCUT2D eigenvalue weighted by molar-refractivity contribution is 6.69. The molecular weight excluding hydrogens is 877 g/mol. The van der Waals surface area contributed by atoms with Crippen LogP contribution < -0.4 is 0 Å². The van der Waals surface area contributed by atoms with Gasteiger partial charge in [-0.05, 0) is 227 Å². The van der Waals surface area contributed by atoms with E-state index < -0.39 is 8.32 Å². The number of aliphatic hydroxyl groups excluding tert-OH is 2. The number of hydrogen-bond donors (Lipinski definition) is 2. The Morgan fingerprint density at radius 1 is 0.609 bits per heavy atom. The third-order valence-electron chi connectivity index (χ3n) is 21.8. The molecule has 9 fully saturated rings. The van der Waals surface area contributed by atoms with Gasteiger partial charge in [-0.15, -0.1) is 0 Å². The number of rotatable bonds is 8. The van der Waals surface area contributed by atoms with Crippen molar-refractivity contribution in [3.8, 4) is 0 Å². The second-order valence-electron chi connectivity index (χ2n) is 26.4. The first kappa shape index (κ1) is 58.4. The van der Waals surface area contributed by atoms with Crippen LogP contribution in [0.2, 0.25) is 19.6 Å². The van der Waals surface area contributed by atoms with Crippen molar-refractivity contribution >= 4 is 20.3 Å². The SMILES string of the molecule is C.C.C1CCOC1.COC(=O)/C=C/[C@@H](C)[C@H]1CC[C@H]2[C@@H]3[C@H](O)C[C@@H]4C[C@H](O)CC[C@]4(C)[C@H]3CC[C@]12C.COC(=O)/C=C/[C@@H](C)[C@H]1CC[C@H]2[C@@H]3[C@H](O[Si](C)(C)C)C[C@@H]4C[C@H](C)CC[C@]4(C)[C@H]3CC[C@]12C. The monoisotopic (exact) mass is 983 g/mol. The predicted octanol–water partition coefficient (Wildman–Crippen LogP) is 13.9. The average Bonchev–Trinajstić information content (AvgIpc) is 4.06. The van der Waals surface area contributed by atoms with Gasteiger partial charge in [-0.25, -0.2) is 9.59 Å². The van der Waals surface area contributed by atoms with Gasteiger partial charge in [0.25, 0.3) is 0 Å². The third kappa shape index (κ3) is 11.9. The molecule has 0 aromatic carbocycles. The molecule has 0 unspecified atom stereocenters. The molecule has 9 heteroatoms. The summed E-state index contributed by atoms with van der Waals surface area (Å²) in [7, 11) is 1.27. The lowest BCUT2D eigenvalue weighted by Crippen LogP contribution is -2.60. The minimum atomic E-state index is -1.62. The number of allylic oxidation sites excluding steroid dienone is 2. The van der Waals surface area contributed by atoms with Gasteiger partial charge >= 0.3 is 11.9 Å². The lowest BCUT2D eigenvalue weighted by Gasteiger charge is -2.63. The molecular formula is C60H106O8Si. The molecule has 0 aromatic rings. The Hall–Kier alpha value is -1.52. The van der Waals surface area contributed by atoms with E-state index in [0.29, 0.717) is 70.2 Å². The Kier molecular flexibility index (Phi) is 19.8. The summed E-state index contributed by atoms with van der Waals surface area (Å²) in [5, 5.41) is 21.5. The van der Waals surface area contributed by atoms with Crippen LogP contribution in [0.1, 0.15) is 179 Å². The molecule has 398 valence electrons. The van der Waals surface area contributed by atoms with Crippen molar-refractivity contribution in [2.75, 3.05) is 27.4 Å². The molecule has 8 aliphatic carbocycles. The van der Waals surface area contributed by atoms with Crippen LogP contribution in [-0.4, -0.2) is 76.2 Å². The number of esters is 2. The first-order valence-corrected chi connectivity index (χ1v) is 31.1. The van der Waals surface area contributed by atoms with E-state index in [2.05, 4.69) is 74.2 Å². The average molecular weight is 984 g/mol. The fraction of sp³-hybridized carbons (Fsp3) is 0.900. The van der Waals surface area contributed by atoms with Crippen molar-refractivity contribution < 1.29 is 38.4 Å². The smallest absolute Gasteiger partial charge is 0.330 e. The van der Waals surface area contributed by atoms with Gasteiger partial charge < -0.3 is 28.8 Å². The van der Waals surface area contributed by atoms with Crippen LogP contribution in [0.4, 0.5) is 0 Å². The van der Waals surface area contributed by atoms with Gasteiger partial charge in [0.2, 0.25) is 0 Å². The first-order valence-electron chi connectivity index (χ1n) is 27.7. The number of ether oxygens (including phenoxy) is 3. The van der Waals surface area contributed by atoms with Crippen molar-refractivity contribution in [1.82, 2.24) is 0 Å². The molecule has 20 atom stereocenters. The number of carbonyl (C=O) groups excluding carboxylic acids is 2. The van der Waals surface area contributed by atoms with Gasteiger partial charge in [0.05, 0.1) is 26.4 Å². The van der Waals surface area contributed by atoms with Crippen LogP contribution >= 0.6 is 0 Å². The van der Waals surface area contributed by atoms with Crippen molar-refractivity contribution in [3.63, 3.8) is 0 Å². The number of hydrogen-bond acceptors (Lipinski definition) is 8. The zero-order valence-corrected chi connectivity index (χ0v) is 45.5. The lowest BCUT2D eigenvalue weighted by molar-refractivity contribution is -0.173. The van der Waals surface area contributed by atoms with Crippen LogP contribution in [0.25, 0.3) is 0 Å². The van der Waals surface area contributed by atoms with E-state index in [1.807, 2.05) is 6.08 Å². The van der Waals surface area contributed by atoms with Gasteiger partial charge in [-0.3, -0.25) is 0 Å². The maximum atomic E-state index is 11.7. The second kappa shape index (κ2) is 23.4. The van der Waals surface area contributed by atoms with Gasteiger partial charge in [-0.2, -0.15) is 0 Å². The van der Waals surface area contributed by atoms with E-state index in [-0.39, 0.29) is 49.8 Å². The molecule has 1 heterocycles. The van der Waals surface area contributed by atoms with Crippen LogP contribution in [0.15, 0.2) is 24.3 Å². The zero-order chi connectivity index (χ0) is 48.7. The Bertz CT molecular complexity index is 1730. The zero-order valence-electron chi connectivity index (χ0n) is 44.5. The van der Waals surface area contributed by atoms with E-state index in [9.17, 15) is 19.8 Å². The number of fused-ring (bicyclic) bond motifs is 10. The van der Waals surface area contributed by atoms with E-state index in [0.717, 1.165) is 62.6 Å². The maximum Gasteiger partial charge on any atom is 0.330 e. The molecule has 69 heavy (non-hydrogen) atoms. The molecule has 0 radical (unpaired) electrons. The molecule has 0 bridgehead atoms. The van der Waals surface area contributed by atoms with Crippen molar-refractivity contribution in [2.24, 2.45) is 98.6 Å². The summed E-state index contributed by atoms with van der Waals surface area (Å²) < 4.78 is 21.7. The summed E-state index contributed by atoms with van der Waals surface area (Å²) >= 11 is 0. The molecule has 8 nitrogen and oxygen atoms in total. The third-order valence-corrected chi connectivity index (χ3v) is 22.8.